The SMILES string of the molecule is Cc1cc2c(cc1Br)COC2C. The third kappa shape index (κ3) is 1.19. The predicted molar refractivity (Wildman–Crippen MR) is 52.1 cm³/mol. The molecule has 1 aromatic carbocycles. The smallest absolute Gasteiger partial charge is 0.0805 e. The maximum absolute atomic E-state index is 5.51. The van der Waals surface area contributed by atoms with Crippen molar-refractivity contribution in [3.8, 4) is 0 Å². The van der Waals surface area contributed by atoms with Crippen molar-refractivity contribution in [1.29, 1.82) is 0 Å². The Bertz CT molecular complexity index is 320. The number of fused-ring (bicyclic) bond motifs is 1. The van der Waals surface area contributed by atoms with E-state index in [0.29, 0.717) is 0 Å². The highest BCUT2D eigenvalue weighted by atomic mass is 79.9. The van der Waals surface area contributed by atoms with Crippen LogP contribution >= 0.6 is 15.9 Å². The molecule has 0 radical (unpaired) electrons. The van der Waals surface area contributed by atoms with E-state index in [2.05, 4.69) is 41.9 Å². The fraction of sp³-hybridized carbons (Fsp3) is 0.400. The Morgan fingerprint density at radius 1 is 1.50 bits per heavy atom. The maximum Gasteiger partial charge on any atom is 0.0805 e. The second-order valence-electron chi connectivity index (χ2n) is 3.25. The molecular weight excluding hydrogens is 216 g/mol. The lowest BCUT2D eigenvalue weighted by Crippen LogP contribution is -1.89. The van der Waals surface area contributed by atoms with Gasteiger partial charge in [0.2, 0.25) is 0 Å². The molecule has 0 aromatic heterocycles. The predicted octanol–water partition coefficient (Wildman–Crippen LogP) is 3.35. The lowest BCUT2D eigenvalue weighted by atomic mass is 10.0. The van der Waals surface area contributed by atoms with E-state index in [-0.39, 0.29) is 6.10 Å². The van der Waals surface area contributed by atoms with Crippen molar-refractivity contribution < 1.29 is 4.74 Å². The number of ether oxygens (including phenoxy) is 1. The van der Waals surface area contributed by atoms with Crippen LogP contribution in [0.2, 0.25) is 0 Å². The van der Waals surface area contributed by atoms with Gasteiger partial charge in [0, 0.05) is 4.47 Å². The van der Waals surface area contributed by atoms with Crippen molar-refractivity contribution in [2.45, 2.75) is 26.6 Å². The van der Waals surface area contributed by atoms with E-state index in [1.165, 1.54) is 21.2 Å². The zero-order valence-electron chi connectivity index (χ0n) is 7.23. The van der Waals surface area contributed by atoms with Gasteiger partial charge in [-0.1, -0.05) is 22.0 Å². The van der Waals surface area contributed by atoms with E-state index in [9.17, 15) is 0 Å². The van der Waals surface area contributed by atoms with Crippen LogP contribution in [0.15, 0.2) is 16.6 Å². The summed E-state index contributed by atoms with van der Waals surface area (Å²) in [6.07, 6.45) is 0.270. The van der Waals surface area contributed by atoms with Crippen molar-refractivity contribution in [3.05, 3.63) is 33.3 Å². The van der Waals surface area contributed by atoms with Gasteiger partial charge in [-0.15, -0.1) is 0 Å². The third-order valence-electron chi connectivity index (χ3n) is 2.35. The van der Waals surface area contributed by atoms with Gasteiger partial charge in [-0.3, -0.25) is 0 Å². The van der Waals surface area contributed by atoms with Gasteiger partial charge >= 0.3 is 0 Å². The van der Waals surface area contributed by atoms with Crippen molar-refractivity contribution in [2.24, 2.45) is 0 Å². The van der Waals surface area contributed by atoms with Gasteiger partial charge in [-0.25, -0.2) is 0 Å². The molecule has 0 bridgehead atoms. The highest BCUT2D eigenvalue weighted by Gasteiger charge is 2.19. The zero-order valence-corrected chi connectivity index (χ0v) is 8.81. The lowest BCUT2D eigenvalue weighted by molar-refractivity contribution is 0.0796. The summed E-state index contributed by atoms with van der Waals surface area (Å²) in [6, 6.07) is 4.37. The maximum atomic E-state index is 5.51. The lowest BCUT2D eigenvalue weighted by Gasteiger charge is -2.05. The standard InChI is InChI=1S/C10H11BrO/c1-6-3-9-7(2)12-5-8(9)4-10(6)11/h3-4,7H,5H2,1-2H3. The Labute approximate surface area is 80.9 Å². The summed E-state index contributed by atoms with van der Waals surface area (Å²) in [5.74, 6) is 0. The van der Waals surface area contributed by atoms with Crippen LogP contribution in [-0.2, 0) is 11.3 Å². The number of hydrogen-bond acceptors (Lipinski definition) is 1. The molecular formula is C10H11BrO. The number of benzene rings is 1. The van der Waals surface area contributed by atoms with Crippen LogP contribution in [0.25, 0.3) is 0 Å². The van der Waals surface area contributed by atoms with E-state index in [4.69, 9.17) is 4.74 Å². The molecule has 0 fully saturated rings. The first-order valence-corrected chi connectivity index (χ1v) is 4.88. The Morgan fingerprint density at radius 3 is 3.00 bits per heavy atom. The quantitative estimate of drug-likeness (QED) is 0.660. The second-order valence-corrected chi connectivity index (χ2v) is 4.11. The summed E-state index contributed by atoms with van der Waals surface area (Å²) in [5.41, 5.74) is 3.95. The number of aryl methyl sites for hydroxylation is 1. The summed E-state index contributed by atoms with van der Waals surface area (Å²) >= 11 is 3.51. The summed E-state index contributed by atoms with van der Waals surface area (Å²) in [7, 11) is 0. The summed E-state index contributed by atoms with van der Waals surface area (Å²) in [6.45, 7) is 4.96. The monoisotopic (exact) mass is 226 g/mol. The van der Waals surface area contributed by atoms with Crippen LogP contribution in [0.3, 0.4) is 0 Å². The Morgan fingerprint density at radius 2 is 2.25 bits per heavy atom. The van der Waals surface area contributed by atoms with Crippen LogP contribution in [0, 0.1) is 6.92 Å². The number of rotatable bonds is 0. The molecule has 64 valence electrons. The number of halogens is 1. The molecule has 1 atom stereocenters. The third-order valence-corrected chi connectivity index (χ3v) is 3.20. The molecule has 2 rings (SSSR count). The van der Waals surface area contributed by atoms with Gasteiger partial charge in [0.15, 0.2) is 0 Å². The highest BCUT2D eigenvalue weighted by Crippen LogP contribution is 2.33. The van der Waals surface area contributed by atoms with Crippen LogP contribution < -0.4 is 0 Å². The molecule has 1 aliphatic heterocycles. The normalized spacial score (nSPS) is 21.1. The van der Waals surface area contributed by atoms with E-state index in [0.717, 1.165) is 6.61 Å². The molecule has 0 spiro atoms. The first-order chi connectivity index (χ1) is 5.68. The average Bonchev–Trinajstić information content (AvgIpc) is 2.35. The van der Waals surface area contributed by atoms with Gasteiger partial charge in [0.05, 0.1) is 12.7 Å². The average molecular weight is 227 g/mol. The van der Waals surface area contributed by atoms with Crippen LogP contribution in [0.1, 0.15) is 29.7 Å². The molecule has 1 heterocycles. The summed E-state index contributed by atoms with van der Waals surface area (Å²) in [5, 5.41) is 0. The molecule has 1 nitrogen and oxygen atoms in total. The van der Waals surface area contributed by atoms with E-state index < -0.39 is 0 Å². The molecule has 1 aromatic rings. The van der Waals surface area contributed by atoms with Crippen molar-refractivity contribution in [2.75, 3.05) is 0 Å². The minimum absolute atomic E-state index is 0.270. The molecule has 2 heteroatoms. The minimum atomic E-state index is 0.270. The fourth-order valence-electron chi connectivity index (χ4n) is 1.55. The highest BCUT2D eigenvalue weighted by molar-refractivity contribution is 9.10. The zero-order chi connectivity index (χ0) is 8.72. The largest absolute Gasteiger partial charge is 0.369 e. The van der Waals surface area contributed by atoms with E-state index in [1.54, 1.807) is 0 Å². The van der Waals surface area contributed by atoms with Crippen LogP contribution in [0.4, 0.5) is 0 Å². The van der Waals surface area contributed by atoms with Crippen molar-refractivity contribution >= 4 is 15.9 Å². The fourth-order valence-corrected chi connectivity index (χ4v) is 1.94. The first kappa shape index (κ1) is 8.27. The molecule has 1 unspecified atom stereocenters. The molecule has 1 aliphatic rings. The van der Waals surface area contributed by atoms with E-state index >= 15 is 0 Å². The van der Waals surface area contributed by atoms with Gasteiger partial charge in [0.25, 0.3) is 0 Å². The topological polar surface area (TPSA) is 9.23 Å². The van der Waals surface area contributed by atoms with Crippen molar-refractivity contribution in [1.82, 2.24) is 0 Å². The van der Waals surface area contributed by atoms with Gasteiger partial charge < -0.3 is 4.74 Å². The molecule has 0 saturated carbocycles. The molecule has 0 aliphatic carbocycles. The van der Waals surface area contributed by atoms with Gasteiger partial charge in [-0.2, -0.15) is 0 Å². The Kier molecular flexibility index (Phi) is 1.97. The molecule has 0 saturated heterocycles. The van der Waals surface area contributed by atoms with Gasteiger partial charge in [0.1, 0.15) is 0 Å². The van der Waals surface area contributed by atoms with E-state index in [1.807, 2.05) is 0 Å². The van der Waals surface area contributed by atoms with Crippen molar-refractivity contribution in [3.63, 3.8) is 0 Å². The Balaban J connectivity index is 2.56. The summed E-state index contributed by atoms with van der Waals surface area (Å²) < 4.78 is 6.69. The second kappa shape index (κ2) is 2.86. The van der Waals surface area contributed by atoms with Gasteiger partial charge in [-0.05, 0) is 36.6 Å². The molecule has 0 N–H and O–H groups in total. The molecule has 12 heavy (non-hydrogen) atoms. The van der Waals surface area contributed by atoms with Crippen LogP contribution in [0.5, 0.6) is 0 Å². The Hall–Kier alpha value is -0.340. The first-order valence-electron chi connectivity index (χ1n) is 4.09. The minimum Gasteiger partial charge on any atom is -0.369 e. The molecule has 0 amide bonds. The summed E-state index contributed by atoms with van der Waals surface area (Å²) in [4.78, 5) is 0. The number of hydrogen-bond donors (Lipinski definition) is 0. The van der Waals surface area contributed by atoms with Crippen LogP contribution in [-0.4, -0.2) is 0 Å².